The van der Waals surface area contributed by atoms with E-state index in [1.165, 1.54) is 6.26 Å². The average molecular weight is 272 g/mol. The lowest BCUT2D eigenvalue weighted by Crippen LogP contribution is -2.08. The number of aliphatic hydroxyl groups excluding tert-OH is 1. The first-order valence-corrected chi connectivity index (χ1v) is 8.07. The molecule has 1 aromatic rings. The van der Waals surface area contributed by atoms with Crippen molar-refractivity contribution < 1.29 is 18.3 Å². The van der Waals surface area contributed by atoms with Gasteiger partial charge in [0.1, 0.15) is 15.6 Å². The van der Waals surface area contributed by atoms with Crippen LogP contribution in [0, 0.1) is 0 Å². The van der Waals surface area contributed by atoms with Gasteiger partial charge < -0.3 is 9.84 Å². The molecule has 4 nitrogen and oxygen atoms in total. The number of rotatable bonds is 7. The fraction of sp³-hybridized carbons (Fsp3) is 0.538. The van der Waals surface area contributed by atoms with Crippen molar-refractivity contribution >= 4 is 9.84 Å². The smallest absolute Gasteiger partial charge is 0.147 e. The van der Waals surface area contributed by atoms with Crippen LogP contribution in [0.3, 0.4) is 0 Å². The van der Waals surface area contributed by atoms with Crippen LogP contribution in [-0.4, -0.2) is 32.1 Å². The summed E-state index contributed by atoms with van der Waals surface area (Å²) in [6.07, 6.45) is 1.94. The lowest BCUT2D eigenvalue weighted by Gasteiger charge is -2.10. The molecule has 0 spiro atoms. The monoisotopic (exact) mass is 272 g/mol. The summed E-state index contributed by atoms with van der Waals surface area (Å²) in [4.78, 5) is 0. The van der Waals surface area contributed by atoms with Gasteiger partial charge in [-0.3, -0.25) is 0 Å². The summed E-state index contributed by atoms with van der Waals surface area (Å²) in [5, 5.41) is 9.62. The van der Waals surface area contributed by atoms with Crippen molar-refractivity contribution in [3.63, 3.8) is 0 Å². The Morgan fingerprint density at radius 2 is 1.89 bits per heavy atom. The van der Waals surface area contributed by atoms with Gasteiger partial charge in [0.05, 0.1) is 18.5 Å². The largest absolute Gasteiger partial charge is 0.494 e. The third-order valence-electron chi connectivity index (χ3n) is 2.58. The first-order chi connectivity index (χ1) is 8.42. The fourth-order valence-corrected chi connectivity index (χ4v) is 2.18. The molecule has 18 heavy (non-hydrogen) atoms. The van der Waals surface area contributed by atoms with E-state index in [0.29, 0.717) is 25.2 Å². The van der Waals surface area contributed by atoms with E-state index >= 15 is 0 Å². The highest BCUT2D eigenvalue weighted by Gasteiger charge is 2.05. The van der Waals surface area contributed by atoms with Crippen LogP contribution in [-0.2, 0) is 9.84 Å². The maximum atomic E-state index is 10.9. The molecule has 102 valence electrons. The van der Waals surface area contributed by atoms with Gasteiger partial charge in [-0.25, -0.2) is 8.42 Å². The second-order valence-electron chi connectivity index (χ2n) is 4.32. The van der Waals surface area contributed by atoms with Crippen LogP contribution < -0.4 is 4.74 Å². The Morgan fingerprint density at radius 3 is 2.39 bits per heavy atom. The van der Waals surface area contributed by atoms with Crippen LogP contribution in [0.25, 0.3) is 0 Å². The highest BCUT2D eigenvalue weighted by atomic mass is 32.2. The van der Waals surface area contributed by atoms with Crippen molar-refractivity contribution in [2.75, 3.05) is 18.6 Å². The third kappa shape index (κ3) is 5.51. The maximum Gasteiger partial charge on any atom is 0.147 e. The lowest BCUT2D eigenvalue weighted by atomic mass is 10.1. The molecular weight excluding hydrogens is 252 g/mol. The quantitative estimate of drug-likeness (QED) is 0.770. The minimum Gasteiger partial charge on any atom is -0.494 e. The topological polar surface area (TPSA) is 63.6 Å². The van der Waals surface area contributed by atoms with Crippen molar-refractivity contribution in [2.45, 2.75) is 25.9 Å². The minimum absolute atomic E-state index is 0.139. The van der Waals surface area contributed by atoms with Crippen molar-refractivity contribution in [3.05, 3.63) is 29.8 Å². The summed E-state index contributed by atoms with van der Waals surface area (Å²) in [5.41, 5.74) is 0.862. The Labute approximate surface area is 109 Å². The summed E-state index contributed by atoms with van der Waals surface area (Å²) in [6.45, 7) is 2.29. The number of benzene rings is 1. The van der Waals surface area contributed by atoms with E-state index in [4.69, 9.17) is 4.74 Å². The third-order valence-corrected chi connectivity index (χ3v) is 3.61. The predicted octanol–water partition coefficient (Wildman–Crippen LogP) is 1.94. The van der Waals surface area contributed by atoms with E-state index in [-0.39, 0.29) is 5.75 Å². The van der Waals surface area contributed by atoms with Crippen LogP contribution in [0.5, 0.6) is 5.75 Å². The van der Waals surface area contributed by atoms with Gasteiger partial charge in [-0.2, -0.15) is 0 Å². The summed E-state index contributed by atoms with van der Waals surface area (Å²) >= 11 is 0. The normalized spacial score (nSPS) is 13.3. The lowest BCUT2D eigenvalue weighted by molar-refractivity contribution is 0.173. The van der Waals surface area contributed by atoms with E-state index in [1.54, 1.807) is 12.1 Å². The molecule has 0 aliphatic carbocycles. The summed E-state index contributed by atoms with van der Waals surface area (Å²) in [5.74, 6) is 0.829. The summed E-state index contributed by atoms with van der Waals surface area (Å²) in [6, 6.07) is 7.21. The van der Waals surface area contributed by atoms with E-state index in [0.717, 1.165) is 5.56 Å². The van der Waals surface area contributed by atoms with Gasteiger partial charge in [0.25, 0.3) is 0 Å². The Kier molecular flexibility index (Phi) is 5.62. The van der Waals surface area contributed by atoms with Crippen LogP contribution in [0.2, 0.25) is 0 Å². The summed E-state index contributed by atoms with van der Waals surface area (Å²) < 4.78 is 27.2. The van der Waals surface area contributed by atoms with Gasteiger partial charge in [-0.05, 0) is 30.5 Å². The first-order valence-electron chi connectivity index (χ1n) is 6.01. The van der Waals surface area contributed by atoms with E-state index in [2.05, 4.69) is 0 Å². The summed E-state index contributed by atoms with van der Waals surface area (Å²) in [7, 11) is -2.91. The molecule has 1 atom stereocenters. The van der Waals surface area contributed by atoms with Crippen molar-refractivity contribution in [3.8, 4) is 5.75 Å². The van der Waals surface area contributed by atoms with Gasteiger partial charge >= 0.3 is 0 Å². The Balaban J connectivity index is 2.40. The molecule has 0 aromatic heterocycles. The molecule has 1 unspecified atom stereocenters. The number of ether oxygens (including phenoxy) is 1. The maximum absolute atomic E-state index is 10.9. The molecule has 0 bridgehead atoms. The van der Waals surface area contributed by atoms with Gasteiger partial charge in [0, 0.05) is 6.26 Å². The molecule has 0 fully saturated rings. The van der Waals surface area contributed by atoms with Crippen LogP contribution >= 0.6 is 0 Å². The highest BCUT2D eigenvalue weighted by molar-refractivity contribution is 7.90. The Morgan fingerprint density at radius 1 is 1.28 bits per heavy atom. The van der Waals surface area contributed by atoms with Crippen molar-refractivity contribution in [2.24, 2.45) is 0 Å². The fourth-order valence-electron chi connectivity index (χ4n) is 1.53. The number of aliphatic hydroxyl groups is 1. The Hall–Kier alpha value is -1.07. The van der Waals surface area contributed by atoms with Gasteiger partial charge in [-0.15, -0.1) is 0 Å². The first kappa shape index (κ1) is 15.0. The number of sulfone groups is 1. The molecule has 1 N–H and O–H groups in total. The van der Waals surface area contributed by atoms with Crippen molar-refractivity contribution in [1.29, 1.82) is 0 Å². The zero-order chi connectivity index (χ0) is 13.6. The molecule has 5 heteroatoms. The number of hydrogen-bond acceptors (Lipinski definition) is 4. The van der Waals surface area contributed by atoms with E-state index in [9.17, 15) is 13.5 Å². The van der Waals surface area contributed by atoms with Gasteiger partial charge in [-0.1, -0.05) is 19.1 Å². The minimum atomic E-state index is -2.91. The number of hydrogen-bond donors (Lipinski definition) is 1. The van der Waals surface area contributed by atoms with E-state index < -0.39 is 15.9 Å². The zero-order valence-electron chi connectivity index (χ0n) is 10.8. The van der Waals surface area contributed by atoms with Crippen LogP contribution in [0.4, 0.5) is 0 Å². The molecule has 0 saturated heterocycles. The molecule has 0 amide bonds. The van der Waals surface area contributed by atoms with Crippen LogP contribution in [0.15, 0.2) is 24.3 Å². The van der Waals surface area contributed by atoms with E-state index in [1.807, 2.05) is 19.1 Å². The molecule has 1 aromatic carbocycles. The molecule has 0 aliphatic heterocycles. The highest BCUT2D eigenvalue weighted by Crippen LogP contribution is 2.19. The zero-order valence-corrected chi connectivity index (χ0v) is 11.6. The molecule has 0 radical (unpaired) electrons. The SMILES string of the molecule is CCC(O)c1ccc(OCCCS(C)(=O)=O)cc1. The standard InChI is InChI=1S/C13H20O4S/c1-3-13(14)11-5-7-12(8-6-11)17-9-4-10-18(2,15)16/h5-8,13-14H,3-4,9-10H2,1-2H3. The second kappa shape index (κ2) is 6.75. The predicted molar refractivity (Wildman–Crippen MR) is 71.5 cm³/mol. The molecule has 0 heterocycles. The molecule has 1 rings (SSSR count). The molecular formula is C13H20O4S. The second-order valence-corrected chi connectivity index (χ2v) is 6.58. The average Bonchev–Trinajstić information content (AvgIpc) is 2.33. The van der Waals surface area contributed by atoms with Gasteiger partial charge in [0.15, 0.2) is 0 Å². The molecule has 0 saturated carbocycles. The molecule has 0 aliphatic rings. The Bertz CT molecular complexity index is 450. The van der Waals surface area contributed by atoms with Crippen LogP contribution in [0.1, 0.15) is 31.4 Å². The van der Waals surface area contributed by atoms with Gasteiger partial charge in [0.2, 0.25) is 0 Å². The van der Waals surface area contributed by atoms with Crippen molar-refractivity contribution in [1.82, 2.24) is 0 Å².